The molecule has 206 valence electrons. The highest BCUT2D eigenvalue weighted by molar-refractivity contribution is 5.82. The topological polar surface area (TPSA) is 68.5 Å². The third kappa shape index (κ3) is 6.44. The fourth-order valence-corrected chi connectivity index (χ4v) is 5.15. The molecule has 8 nitrogen and oxygen atoms in total. The molecule has 0 atom stereocenters. The maximum absolute atomic E-state index is 13.6. The van der Waals surface area contributed by atoms with E-state index in [1.165, 1.54) is 0 Å². The van der Waals surface area contributed by atoms with Crippen LogP contribution < -0.4 is 14.4 Å². The summed E-state index contributed by atoms with van der Waals surface area (Å²) in [6, 6.07) is 11.9. The normalized spacial score (nSPS) is 15.0. The molecule has 1 saturated heterocycles. The van der Waals surface area contributed by atoms with Gasteiger partial charge in [-0.3, -0.25) is 14.6 Å². The Morgan fingerprint density at radius 3 is 2.31 bits per heavy atom. The van der Waals surface area contributed by atoms with Gasteiger partial charge in [-0.2, -0.15) is 5.10 Å². The molecule has 1 aliphatic rings. The molecule has 0 saturated carbocycles. The summed E-state index contributed by atoms with van der Waals surface area (Å²) in [5.41, 5.74) is 5.10. The molecule has 0 spiro atoms. The molecule has 39 heavy (non-hydrogen) atoms. The number of piperidine rings is 1. The molecule has 4 aromatic rings. The molecule has 0 unspecified atom stereocenters. The summed E-state index contributed by atoms with van der Waals surface area (Å²) in [5, 5.41) is 4.25. The lowest BCUT2D eigenvalue weighted by Gasteiger charge is -2.36. The van der Waals surface area contributed by atoms with Gasteiger partial charge in [-0.05, 0) is 50.0 Å². The van der Waals surface area contributed by atoms with Gasteiger partial charge in [-0.25, -0.2) is 13.8 Å². The van der Waals surface area contributed by atoms with E-state index in [0.29, 0.717) is 37.1 Å². The van der Waals surface area contributed by atoms with E-state index in [1.54, 1.807) is 31.3 Å². The van der Waals surface area contributed by atoms with Gasteiger partial charge in [0.05, 0.1) is 49.9 Å². The first-order valence-electron chi connectivity index (χ1n) is 13.1. The predicted molar refractivity (Wildman–Crippen MR) is 148 cm³/mol. The van der Waals surface area contributed by atoms with Crippen molar-refractivity contribution >= 4 is 22.4 Å². The van der Waals surface area contributed by atoms with Crippen molar-refractivity contribution in [3.05, 3.63) is 55.0 Å². The van der Waals surface area contributed by atoms with Gasteiger partial charge in [0.1, 0.15) is 11.5 Å². The Morgan fingerprint density at radius 1 is 0.974 bits per heavy atom. The number of nitrogens with zero attached hydrogens (tertiary/aromatic N) is 6. The number of rotatable bonds is 9. The molecule has 5 rings (SSSR count). The Balaban J connectivity index is 1.48. The Labute approximate surface area is 227 Å². The van der Waals surface area contributed by atoms with Crippen molar-refractivity contribution in [1.29, 1.82) is 0 Å². The second-order valence-electron chi connectivity index (χ2n) is 10.3. The summed E-state index contributed by atoms with van der Waals surface area (Å²) in [5.74, 6) is -0.980. The van der Waals surface area contributed by atoms with Gasteiger partial charge in [-0.15, -0.1) is 0 Å². The van der Waals surface area contributed by atoms with Crippen molar-refractivity contribution in [2.75, 3.05) is 45.3 Å². The summed E-state index contributed by atoms with van der Waals surface area (Å²) >= 11 is 0. The van der Waals surface area contributed by atoms with E-state index in [2.05, 4.69) is 15.0 Å². The Hall–Kier alpha value is -3.79. The van der Waals surface area contributed by atoms with Crippen LogP contribution in [-0.4, -0.2) is 71.0 Å². The molecular formula is C29H34F2N6O2. The summed E-state index contributed by atoms with van der Waals surface area (Å²) in [6.07, 6.45) is 7.13. The molecule has 2 aromatic carbocycles. The highest BCUT2D eigenvalue weighted by Crippen LogP contribution is 2.36. The van der Waals surface area contributed by atoms with Crippen LogP contribution in [0.15, 0.2) is 55.0 Å². The lowest BCUT2D eigenvalue weighted by Crippen LogP contribution is -2.42. The number of ether oxygens (including phenoxy) is 2. The average Bonchev–Trinajstić information content (AvgIpc) is 3.37. The minimum absolute atomic E-state index is 0.195. The maximum atomic E-state index is 13.6. The number of hydrogen-bond donors (Lipinski definition) is 0. The first kappa shape index (κ1) is 26.8. The predicted octanol–water partition coefficient (Wildman–Crippen LogP) is 5.55. The molecule has 10 heteroatoms. The molecule has 2 aromatic heterocycles. The standard InChI is InChI=1S/C29H34F2N6O2/c1-29(30,31)19-36-9-7-20(8-10-36)17-37(23-11-24(38-3)14-25(12-23)39-4)22-5-6-26-27(13-22)34-28(16-32-26)21-15-33-35(2)18-21/h5-6,11-16,18,20H,7-10,17,19H2,1-4H3. The van der Waals surface area contributed by atoms with E-state index in [0.717, 1.165) is 53.4 Å². The van der Waals surface area contributed by atoms with Crippen LogP contribution in [0.5, 0.6) is 11.5 Å². The van der Waals surface area contributed by atoms with Crippen molar-refractivity contribution in [3.8, 4) is 22.8 Å². The monoisotopic (exact) mass is 536 g/mol. The average molecular weight is 537 g/mol. The molecule has 0 radical (unpaired) electrons. The molecule has 0 bridgehead atoms. The van der Waals surface area contributed by atoms with Crippen LogP contribution in [0.1, 0.15) is 19.8 Å². The largest absolute Gasteiger partial charge is 0.497 e. The van der Waals surface area contributed by atoms with Crippen LogP contribution in [0, 0.1) is 5.92 Å². The zero-order valence-electron chi connectivity index (χ0n) is 22.8. The van der Waals surface area contributed by atoms with E-state index < -0.39 is 5.92 Å². The lowest BCUT2D eigenvalue weighted by molar-refractivity contribution is -0.0219. The molecule has 1 aliphatic heterocycles. The first-order valence-corrected chi connectivity index (χ1v) is 13.1. The van der Waals surface area contributed by atoms with Gasteiger partial charge in [0, 0.05) is 61.9 Å². The van der Waals surface area contributed by atoms with Crippen LogP contribution in [0.25, 0.3) is 22.3 Å². The van der Waals surface area contributed by atoms with Crippen molar-refractivity contribution in [1.82, 2.24) is 24.6 Å². The Morgan fingerprint density at radius 2 is 1.69 bits per heavy atom. The molecule has 0 amide bonds. The van der Waals surface area contributed by atoms with E-state index in [-0.39, 0.29) is 6.54 Å². The summed E-state index contributed by atoms with van der Waals surface area (Å²) in [4.78, 5) is 13.6. The third-order valence-electron chi connectivity index (χ3n) is 7.14. The number of halogens is 2. The number of likely N-dealkylation sites (tertiary alicyclic amines) is 1. The highest BCUT2D eigenvalue weighted by atomic mass is 19.3. The van der Waals surface area contributed by atoms with Gasteiger partial charge >= 0.3 is 0 Å². The van der Waals surface area contributed by atoms with E-state index >= 15 is 0 Å². The van der Waals surface area contributed by atoms with Crippen LogP contribution in [0.3, 0.4) is 0 Å². The molecular weight excluding hydrogens is 502 g/mol. The summed E-state index contributed by atoms with van der Waals surface area (Å²) < 4.78 is 40.0. The minimum atomic E-state index is -2.68. The molecule has 1 fully saturated rings. The first-order chi connectivity index (χ1) is 18.7. The fraction of sp³-hybridized carbons (Fsp3) is 0.414. The number of alkyl halides is 2. The van der Waals surface area contributed by atoms with Crippen molar-refractivity contribution in [3.63, 3.8) is 0 Å². The zero-order valence-corrected chi connectivity index (χ0v) is 22.8. The van der Waals surface area contributed by atoms with Gasteiger partial charge in [0.25, 0.3) is 5.92 Å². The van der Waals surface area contributed by atoms with Crippen LogP contribution in [0.2, 0.25) is 0 Å². The second kappa shape index (κ2) is 11.1. The van der Waals surface area contributed by atoms with Gasteiger partial charge in [0.15, 0.2) is 0 Å². The zero-order chi connectivity index (χ0) is 27.6. The minimum Gasteiger partial charge on any atom is -0.497 e. The Kier molecular flexibility index (Phi) is 7.65. The van der Waals surface area contributed by atoms with Crippen LogP contribution in [0.4, 0.5) is 20.2 Å². The fourth-order valence-electron chi connectivity index (χ4n) is 5.15. The number of aromatic nitrogens is 4. The smallest absolute Gasteiger partial charge is 0.257 e. The number of anilines is 2. The third-order valence-corrected chi connectivity index (χ3v) is 7.14. The second-order valence-corrected chi connectivity index (χ2v) is 10.3. The number of hydrogen-bond acceptors (Lipinski definition) is 7. The van der Waals surface area contributed by atoms with Crippen LogP contribution in [-0.2, 0) is 7.05 Å². The summed E-state index contributed by atoms with van der Waals surface area (Å²) in [6.45, 7) is 2.81. The summed E-state index contributed by atoms with van der Waals surface area (Å²) in [7, 11) is 5.13. The highest BCUT2D eigenvalue weighted by Gasteiger charge is 2.29. The number of fused-ring (bicyclic) bond motifs is 1. The molecule has 0 N–H and O–H groups in total. The molecule has 0 aliphatic carbocycles. The number of benzene rings is 2. The maximum Gasteiger partial charge on any atom is 0.257 e. The van der Waals surface area contributed by atoms with E-state index in [9.17, 15) is 8.78 Å². The number of methoxy groups -OCH3 is 2. The Bertz CT molecular complexity index is 1410. The van der Waals surface area contributed by atoms with Gasteiger partial charge in [-0.1, -0.05) is 0 Å². The van der Waals surface area contributed by atoms with E-state index in [4.69, 9.17) is 14.5 Å². The van der Waals surface area contributed by atoms with E-state index in [1.807, 2.05) is 54.5 Å². The van der Waals surface area contributed by atoms with Gasteiger partial charge < -0.3 is 14.4 Å². The SMILES string of the molecule is COc1cc(OC)cc(N(CC2CCN(CC(C)(F)F)CC2)c2ccc3ncc(-c4cnn(C)c4)nc3c2)c1. The number of aryl methyl sites for hydroxylation is 1. The lowest BCUT2D eigenvalue weighted by atomic mass is 9.95. The van der Waals surface area contributed by atoms with Crippen molar-refractivity contribution in [2.45, 2.75) is 25.7 Å². The van der Waals surface area contributed by atoms with Gasteiger partial charge in [0.2, 0.25) is 0 Å². The quantitative estimate of drug-likeness (QED) is 0.278. The molecule has 3 heterocycles. The van der Waals surface area contributed by atoms with Crippen molar-refractivity contribution < 1.29 is 18.3 Å². The van der Waals surface area contributed by atoms with Crippen molar-refractivity contribution in [2.24, 2.45) is 13.0 Å². The van der Waals surface area contributed by atoms with Crippen LogP contribution >= 0.6 is 0 Å².